The molecule has 1 aromatic carbocycles. The second kappa shape index (κ2) is 12.0. The van der Waals surface area contributed by atoms with Crippen LogP contribution in [0.5, 0.6) is 0 Å². The SMILES string of the molecule is CCNC(=NCc1nc(-c2cccc(Cl)c2)no1)NCC1CCCOC1C(C)(C)C.I. The second-order valence-electron chi connectivity index (χ2n) is 8.66. The van der Waals surface area contributed by atoms with Gasteiger partial charge in [0.2, 0.25) is 11.7 Å². The molecule has 0 amide bonds. The topological polar surface area (TPSA) is 84.6 Å². The number of hydrogen-bond acceptors (Lipinski definition) is 5. The summed E-state index contributed by atoms with van der Waals surface area (Å²) in [4.78, 5) is 9.04. The van der Waals surface area contributed by atoms with E-state index in [0.29, 0.717) is 29.2 Å². The number of nitrogens with zero attached hydrogens (tertiary/aromatic N) is 3. The summed E-state index contributed by atoms with van der Waals surface area (Å²) in [6.07, 6.45) is 2.49. The third kappa shape index (κ3) is 7.61. The Labute approximate surface area is 206 Å². The zero-order chi connectivity index (χ0) is 21.6. The van der Waals surface area contributed by atoms with E-state index in [9.17, 15) is 0 Å². The Morgan fingerprint density at radius 3 is 2.81 bits per heavy atom. The lowest BCUT2D eigenvalue weighted by Crippen LogP contribution is -2.47. The number of rotatable bonds is 6. The van der Waals surface area contributed by atoms with E-state index in [2.05, 4.69) is 46.5 Å². The third-order valence-corrected chi connectivity index (χ3v) is 5.33. The molecule has 2 aromatic rings. The van der Waals surface area contributed by atoms with Crippen LogP contribution < -0.4 is 10.6 Å². The fourth-order valence-electron chi connectivity index (χ4n) is 3.79. The zero-order valence-electron chi connectivity index (χ0n) is 18.7. The van der Waals surface area contributed by atoms with Gasteiger partial charge in [-0.3, -0.25) is 0 Å². The van der Waals surface area contributed by atoms with Gasteiger partial charge in [-0.25, -0.2) is 4.99 Å². The van der Waals surface area contributed by atoms with Crippen LogP contribution in [-0.4, -0.2) is 41.9 Å². The molecule has 7 nitrogen and oxygen atoms in total. The van der Waals surface area contributed by atoms with Crippen LogP contribution in [0, 0.1) is 11.3 Å². The quantitative estimate of drug-likeness (QED) is 0.296. The molecule has 9 heteroatoms. The average Bonchev–Trinajstić information content (AvgIpc) is 3.19. The molecule has 172 valence electrons. The molecule has 0 aliphatic carbocycles. The predicted molar refractivity (Wildman–Crippen MR) is 135 cm³/mol. The van der Waals surface area contributed by atoms with Crippen LogP contribution in [0.4, 0.5) is 0 Å². The lowest BCUT2D eigenvalue weighted by molar-refractivity contribution is -0.0835. The molecule has 1 saturated heterocycles. The van der Waals surface area contributed by atoms with Gasteiger partial charge in [-0.1, -0.05) is 49.7 Å². The minimum atomic E-state index is 0. The number of nitrogens with one attached hydrogen (secondary N) is 2. The van der Waals surface area contributed by atoms with Crippen molar-refractivity contribution in [2.24, 2.45) is 16.3 Å². The predicted octanol–water partition coefficient (Wildman–Crippen LogP) is 4.90. The van der Waals surface area contributed by atoms with E-state index < -0.39 is 0 Å². The molecule has 0 saturated carbocycles. The van der Waals surface area contributed by atoms with E-state index in [1.54, 1.807) is 0 Å². The number of hydrogen-bond donors (Lipinski definition) is 2. The highest BCUT2D eigenvalue weighted by Gasteiger charge is 2.35. The summed E-state index contributed by atoms with van der Waals surface area (Å²) < 4.78 is 11.4. The maximum Gasteiger partial charge on any atom is 0.248 e. The van der Waals surface area contributed by atoms with Gasteiger partial charge in [-0.15, -0.1) is 24.0 Å². The highest BCUT2D eigenvalue weighted by atomic mass is 127. The van der Waals surface area contributed by atoms with Crippen LogP contribution in [-0.2, 0) is 11.3 Å². The van der Waals surface area contributed by atoms with Crippen LogP contribution in [0.1, 0.15) is 46.4 Å². The van der Waals surface area contributed by atoms with Crippen molar-refractivity contribution in [3.63, 3.8) is 0 Å². The largest absolute Gasteiger partial charge is 0.377 e. The van der Waals surface area contributed by atoms with Crippen LogP contribution >= 0.6 is 35.6 Å². The Bertz CT molecular complexity index is 852. The van der Waals surface area contributed by atoms with Crippen LogP contribution in [0.15, 0.2) is 33.8 Å². The van der Waals surface area contributed by atoms with E-state index in [-0.39, 0.29) is 35.5 Å². The minimum absolute atomic E-state index is 0. The lowest BCUT2D eigenvalue weighted by Gasteiger charge is -2.40. The molecule has 0 bridgehead atoms. The van der Waals surface area contributed by atoms with Crippen molar-refractivity contribution in [2.75, 3.05) is 19.7 Å². The van der Waals surface area contributed by atoms with Crippen molar-refractivity contribution in [1.82, 2.24) is 20.8 Å². The summed E-state index contributed by atoms with van der Waals surface area (Å²) in [6.45, 7) is 11.5. The van der Waals surface area contributed by atoms with Crippen molar-refractivity contribution in [3.05, 3.63) is 35.2 Å². The Morgan fingerprint density at radius 1 is 1.29 bits per heavy atom. The molecule has 0 radical (unpaired) electrons. The normalized spacial score (nSPS) is 19.6. The second-order valence-corrected chi connectivity index (χ2v) is 9.09. The Balaban J connectivity index is 0.00000341. The number of aliphatic imine (C=N–C) groups is 1. The van der Waals surface area contributed by atoms with Gasteiger partial charge in [-0.05, 0) is 37.3 Å². The number of benzene rings is 1. The van der Waals surface area contributed by atoms with Crippen molar-refractivity contribution in [1.29, 1.82) is 0 Å². The molecule has 2 unspecified atom stereocenters. The highest BCUT2D eigenvalue weighted by molar-refractivity contribution is 14.0. The molecular formula is C22H33ClIN5O2. The monoisotopic (exact) mass is 561 g/mol. The fraction of sp³-hybridized carbons (Fsp3) is 0.591. The third-order valence-electron chi connectivity index (χ3n) is 5.10. The maximum absolute atomic E-state index is 6.09. The van der Waals surface area contributed by atoms with Crippen LogP contribution in [0.3, 0.4) is 0 Å². The van der Waals surface area contributed by atoms with E-state index in [1.807, 2.05) is 31.2 Å². The van der Waals surface area contributed by atoms with Gasteiger partial charge < -0.3 is 19.9 Å². The van der Waals surface area contributed by atoms with Crippen molar-refractivity contribution >= 4 is 41.5 Å². The molecule has 0 spiro atoms. The summed E-state index contributed by atoms with van der Waals surface area (Å²) in [5, 5.41) is 11.4. The maximum atomic E-state index is 6.09. The fourth-order valence-corrected chi connectivity index (χ4v) is 3.98. The zero-order valence-corrected chi connectivity index (χ0v) is 21.7. The smallest absolute Gasteiger partial charge is 0.248 e. The minimum Gasteiger partial charge on any atom is -0.377 e. The van der Waals surface area contributed by atoms with Crippen molar-refractivity contribution < 1.29 is 9.26 Å². The van der Waals surface area contributed by atoms with Crippen molar-refractivity contribution in [3.8, 4) is 11.4 Å². The van der Waals surface area contributed by atoms with E-state index >= 15 is 0 Å². The molecule has 2 heterocycles. The Morgan fingerprint density at radius 2 is 2.10 bits per heavy atom. The van der Waals surface area contributed by atoms with E-state index in [4.69, 9.17) is 20.9 Å². The van der Waals surface area contributed by atoms with Gasteiger partial charge >= 0.3 is 0 Å². The molecule has 31 heavy (non-hydrogen) atoms. The summed E-state index contributed by atoms with van der Waals surface area (Å²) in [5.74, 6) is 2.14. The Hall–Kier alpha value is -1.39. The number of aromatic nitrogens is 2. The van der Waals surface area contributed by atoms with Gasteiger partial charge in [0.1, 0.15) is 6.54 Å². The average molecular weight is 562 g/mol. The summed E-state index contributed by atoms with van der Waals surface area (Å²) in [6, 6.07) is 7.38. The first-order chi connectivity index (χ1) is 14.4. The van der Waals surface area contributed by atoms with Crippen molar-refractivity contribution in [2.45, 2.75) is 53.2 Å². The first kappa shape index (κ1) is 25.9. The molecule has 1 aliphatic rings. The summed E-state index contributed by atoms with van der Waals surface area (Å²) in [5.41, 5.74) is 0.931. The standard InChI is InChI=1S/C22H32ClN5O2.HI/c1-5-24-21(25-13-16-9-7-11-29-19(16)22(2,3)4)26-14-18-27-20(28-30-18)15-8-6-10-17(23)12-15;/h6,8,10,12,16,19H,5,7,9,11,13-14H2,1-4H3,(H2,24,25,26);1H. The van der Waals surface area contributed by atoms with Crippen LogP contribution in [0.2, 0.25) is 5.02 Å². The molecule has 1 aliphatic heterocycles. The van der Waals surface area contributed by atoms with E-state index in [0.717, 1.165) is 44.1 Å². The number of guanidine groups is 1. The Kier molecular flexibility index (Phi) is 10.0. The molecular weight excluding hydrogens is 529 g/mol. The molecule has 2 N–H and O–H groups in total. The van der Waals surface area contributed by atoms with Crippen LogP contribution in [0.25, 0.3) is 11.4 Å². The number of halogens is 2. The molecule has 1 fully saturated rings. The van der Waals surface area contributed by atoms with Gasteiger partial charge in [0, 0.05) is 36.2 Å². The first-order valence-electron chi connectivity index (χ1n) is 10.6. The van der Waals surface area contributed by atoms with E-state index in [1.165, 1.54) is 0 Å². The summed E-state index contributed by atoms with van der Waals surface area (Å²) >= 11 is 6.04. The number of ether oxygens (including phenoxy) is 1. The molecule has 2 atom stereocenters. The summed E-state index contributed by atoms with van der Waals surface area (Å²) in [7, 11) is 0. The first-order valence-corrected chi connectivity index (χ1v) is 11.0. The van der Waals surface area contributed by atoms with Gasteiger partial charge in [-0.2, -0.15) is 4.98 Å². The van der Waals surface area contributed by atoms with Gasteiger partial charge in [0.15, 0.2) is 5.96 Å². The van der Waals surface area contributed by atoms with Gasteiger partial charge in [0.05, 0.1) is 6.10 Å². The lowest BCUT2D eigenvalue weighted by atomic mass is 9.78. The highest BCUT2D eigenvalue weighted by Crippen LogP contribution is 2.33. The van der Waals surface area contributed by atoms with Gasteiger partial charge in [0.25, 0.3) is 0 Å². The molecule has 1 aromatic heterocycles. The molecule has 3 rings (SSSR count).